The van der Waals surface area contributed by atoms with Crippen molar-refractivity contribution >= 4 is 11.9 Å². The van der Waals surface area contributed by atoms with Crippen molar-refractivity contribution in [1.29, 1.82) is 0 Å². The van der Waals surface area contributed by atoms with E-state index in [9.17, 15) is 8.78 Å². The first kappa shape index (κ1) is 10.9. The van der Waals surface area contributed by atoms with E-state index in [0.29, 0.717) is 13.0 Å². The fourth-order valence-electron chi connectivity index (χ4n) is 1.46. The quantitative estimate of drug-likeness (QED) is 0.711. The number of nitrogens with zero attached hydrogens (tertiary/aromatic N) is 1. The Morgan fingerprint density at radius 2 is 2.38 bits per heavy atom. The van der Waals surface area contributed by atoms with E-state index >= 15 is 0 Å². The molecule has 0 amide bonds. The first-order valence-corrected chi connectivity index (χ1v) is 5.01. The van der Waals surface area contributed by atoms with Crippen LogP contribution in [0.4, 0.5) is 8.78 Å². The van der Waals surface area contributed by atoms with Crippen LogP contribution in [0.3, 0.4) is 0 Å². The first-order valence-electron chi connectivity index (χ1n) is 4.18. The Morgan fingerprint density at radius 1 is 1.69 bits per heavy atom. The predicted octanol–water partition coefficient (Wildman–Crippen LogP) is 1.71. The second-order valence-corrected chi connectivity index (χ2v) is 4.09. The molecule has 0 aromatic heterocycles. The minimum absolute atomic E-state index is 0.199. The van der Waals surface area contributed by atoms with Gasteiger partial charge < -0.3 is 5.32 Å². The lowest BCUT2D eigenvalue weighted by atomic mass is 10.0. The highest BCUT2D eigenvalue weighted by molar-refractivity contribution is 7.99. The van der Waals surface area contributed by atoms with Gasteiger partial charge >= 0.3 is 0 Å². The molecule has 0 saturated carbocycles. The van der Waals surface area contributed by atoms with Crippen molar-refractivity contribution in [3.8, 4) is 0 Å². The SMILES string of the molecule is C=CSN1CCC(NC)C(F)(F)C1. The van der Waals surface area contributed by atoms with Crippen molar-refractivity contribution < 1.29 is 8.78 Å². The standard InChI is InChI=1S/C8H14F2N2S/c1-3-13-12-5-4-7(11-2)8(9,10)6-12/h3,7,11H,1,4-6H2,2H3. The van der Waals surface area contributed by atoms with E-state index in [4.69, 9.17) is 0 Å². The highest BCUT2D eigenvalue weighted by Crippen LogP contribution is 2.30. The molecule has 1 rings (SSSR count). The summed E-state index contributed by atoms with van der Waals surface area (Å²) in [6.45, 7) is 3.98. The lowest BCUT2D eigenvalue weighted by molar-refractivity contribution is -0.0676. The molecule has 76 valence electrons. The van der Waals surface area contributed by atoms with E-state index in [0.717, 1.165) is 0 Å². The summed E-state index contributed by atoms with van der Waals surface area (Å²) in [7, 11) is 1.58. The van der Waals surface area contributed by atoms with Gasteiger partial charge in [0.2, 0.25) is 0 Å². The molecule has 0 aliphatic carbocycles. The molecule has 13 heavy (non-hydrogen) atoms. The Balaban J connectivity index is 2.53. The van der Waals surface area contributed by atoms with Crippen molar-refractivity contribution in [3.05, 3.63) is 12.0 Å². The van der Waals surface area contributed by atoms with Gasteiger partial charge in [-0.15, -0.1) is 0 Å². The molecule has 1 fully saturated rings. The summed E-state index contributed by atoms with van der Waals surface area (Å²) in [6, 6.07) is -0.686. The molecule has 5 heteroatoms. The highest BCUT2D eigenvalue weighted by Gasteiger charge is 2.43. The molecule has 1 heterocycles. The number of hydrogen-bond donors (Lipinski definition) is 1. The Hall–Kier alpha value is -0.130. The van der Waals surface area contributed by atoms with Crippen LogP contribution in [0.25, 0.3) is 0 Å². The van der Waals surface area contributed by atoms with E-state index in [-0.39, 0.29) is 6.54 Å². The van der Waals surface area contributed by atoms with Gasteiger partial charge in [0, 0.05) is 6.54 Å². The maximum absolute atomic E-state index is 13.3. The summed E-state index contributed by atoms with van der Waals surface area (Å²) < 4.78 is 28.2. The zero-order valence-electron chi connectivity index (χ0n) is 7.59. The van der Waals surface area contributed by atoms with Gasteiger partial charge in [0.1, 0.15) is 0 Å². The number of halogens is 2. The van der Waals surface area contributed by atoms with Crippen LogP contribution < -0.4 is 5.32 Å². The van der Waals surface area contributed by atoms with Gasteiger partial charge in [0.05, 0.1) is 12.6 Å². The average molecular weight is 208 g/mol. The number of alkyl halides is 2. The summed E-state index contributed by atoms with van der Waals surface area (Å²) in [5, 5.41) is 4.22. The third kappa shape index (κ3) is 2.65. The molecule has 2 nitrogen and oxygen atoms in total. The summed E-state index contributed by atoms with van der Waals surface area (Å²) in [5.41, 5.74) is 0. The highest BCUT2D eigenvalue weighted by atomic mass is 32.2. The normalized spacial score (nSPS) is 28.7. The molecular weight excluding hydrogens is 194 g/mol. The van der Waals surface area contributed by atoms with Gasteiger partial charge in [-0.05, 0) is 18.9 Å². The van der Waals surface area contributed by atoms with Crippen LogP contribution in [-0.2, 0) is 0 Å². The molecule has 0 aromatic carbocycles. The van der Waals surface area contributed by atoms with Crippen LogP contribution in [-0.4, -0.2) is 36.4 Å². The maximum Gasteiger partial charge on any atom is 0.276 e. The number of hydrogen-bond acceptors (Lipinski definition) is 3. The van der Waals surface area contributed by atoms with E-state index in [1.165, 1.54) is 11.9 Å². The largest absolute Gasteiger partial charge is 0.312 e. The summed E-state index contributed by atoms with van der Waals surface area (Å²) in [5.74, 6) is -2.64. The van der Waals surface area contributed by atoms with Crippen LogP contribution >= 0.6 is 11.9 Å². The molecule has 0 spiro atoms. The second kappa shape index (κ2) is 4.39. The fraction of sp³-hybridized carbons (Fsp3) is 0.750. The second-order valence-electron chi connectivity index (χ2n) is 3.03. The fourth-order valence-corrected chi connectivity index (χ4v) is 2.13. The van der Waals surface area contributed by atoms with E-state index in [2.05, 4.69) is 11.9 Å². The first-order chi connectivity index (χ1) is 6.10. The van der Waals surface area contributed by atoms with Crippen molar-refractivity contribution in [3.63, 3.8) is 0 Å². The zero-order valence-corrected chi connectivity index (χ0v) is 8.41. The summed E-state index contributed by atoms with van der Waals surface area (Å²) in [6.07, 6.45) is 0.477. The molecule has 0 radical (unpaired) electrons. The van der Waals surface area contributed by atoms with Crippen LogP contribution in [0.2, 0.25) is 0 Å². The van der Waals surface area contributed by atoms with Gasteiger partial charge in [-0.25, -0.2) is 13.1 Å². The number of rotatable bonds is 3. The third-order valence-corrected chi connectivity index (χ3v) is 2.90. The predicted molar refractivity (Wildman–Crippen MR) is 51.8 cm³/mol. The molecular formula is C8H14F2N2S. The van der Waals surface area contributed by atoms with Crippen molar-refractivity contribution in [2.24, 2.45) is 0 Å². The molecule has 0 bridgehead atoms. The Bertz CT molecular complexity index is 187. The van der Waals surface area contributed by atoms with Crippen LogP contribution in [0.1, 0.15) is 6.42 Å². The maximum atomic E-state index is 13.3. The molecule has 1 aliphatic heterocycles. The lowest BCUT2D eigenvalue weighted by Crippen LogP contribution is -2.54. The Morgan fingerprint density at radius 3 is 2.85 bits per heavy atom. The lowest BCUT2D eigenvalue weighted by Gasteiger charge is -2.36. The van der Waals surface area contributed by atoms with Crippen LogP contribution in [0.15, 0.2) is 12.0 Å². The molecule has 1 N–H and O–H groups in total. The van der Waals surface area contributed by atoms with Crippen molar-refractivity contribution in [2.45, 2.75) is 18.4 Å². The monoisotopic (exact) mass is 208 g/mol. The van der Waals surface area contributed by atoms with Gasteiger partial charge in [-0.2, -0.15) is 0 Å². The molecule has 1 aliphatic rings. The Labute approximate surface area is 81.5 Å². The molecule has 1 unspecified atom stereocenters. The minimum atomic E-state index is -2.64. The van der Waals surface area contributed by atoms with Crippen molar-refractivity contribution in [2.75, 3.05) is 20.1 Å². The van der Waals surface area contributed by atoms with Gasteiger partial charge in [-0.1, -0.05) is 18.5 Å². The minimum Gasteiger partial charge on any atom is -0.312 e. The van der Waals surface area contributed by atoms with Crippen molar-refractivity contribution in [1.82, 2.24) is 9.62 Å². The number of piperidine rings is 1. The topological polar surface area (TPSA) is 15.3 Å². The van der Waals surface area contributed by atoms with E-state index in [1.54, 1.807) is 16.8 Å². The van der Waals surface area contributed by atoms with Gasteiger partial charge in [0.15, 0.2) is 0 Å². The van der Waals surface area contributed by atoms with Crippen LogP contribution in [0.5, 0.6) is 0 Å². The zero-order chi connectivity index (χ0) is 9.90. The summed E-state index contributed by atoms with van der Waals surface area (Å²) in [4.78, 5) is 0. The Kier molecular flexibility index (Phi) is 3.70. The van der Waals surface area contributed by atoms with E-state index in [1.807, 2.05) is 0 Å². The number of nitrogens with one attached hydrogen (secondary N) is 1. The third-order valence-electron chi connectivity index (χ3n) is 2.14. The molecule has 0 aromatic rings. The van der Waals surface area contributed by atoms with Crippen LogP contribution in [0, 0.1) is 0 Å². The van der Waals surface area contributed by atoms with Gasteiger partial charge in [0.25, 0.3) is 5.92 Å². The smallest absolute Gasteiger partial charge is 0.276 e. The summed E-state index contributed by atoms with van der Waals surface area (Å²) >= 11 is 1.26. The van der Waals surface area contributed by atoms with E-state index < -0.39 is 12.0 Å². The average Bonchev–Trinajstić information content (AvgIpc) is 2.03. The molecule has 1 saturated heterocycles. The molecule has 1 atom stereocenters. The van der Waals surface area contributed by atoms with Gasteiger partial charge in [-0.3, -0.25) is 0 Å².